The Morgan fingerprint density at radius 1 is 1.36 bits per heavy atom. The highest BCUT2D eigenvalue weighted by Crippen LogP contribution is 2.37. The molecule has 1 N–H and O–H groups in total. The summed E-state index contributed by atoms with van der Waals surface area (Å²) in [6.45, 7) is 8.86. The molecule has 1 atom stereocenters. The maximum absolute atomic E-state index is 9.23. The van der Waals surface area contributed by atoms with Crippen LogP contribution in [-0.2, 0) is 9.47 Å². The number of aliphatic hydroxyl groups is 1. The van der Waals surface area contributed by atoms with Crippen molar-refractivity contribution in [3.05, 3.63) is 0 Å². The average Bonchev–Trinajstić information content (AvgIpc) is 2.63. The lowest BCUT2D eigenvalue weighted by molar-refractivity contribution is -0.184. The lowest BCUT2D eigenvalue weighted by Gasteiger charge is -2.31. The van der Waals surface area contributed by atoms with E-state index in [2.05, 4.69) is 13.8 Å². The fourth-order valence-corrected chi connectivity index (χ4v) is 1.66. The molecule has 0 unspecified atom stereocenters. The number of hydrogen-bond donors (Lipinski definition) is 1. The smallest absolute Gasteiger partial charge is 0.168 e. The van der Waals surface area contributed by atoms with Gasteiger partial charge in [0, 0.05) is 5.41 Å². The first kappa shape index (κ1) is 12.0. The van der Waals surface area contributed by atoms with Crippen molar-refractivity contribution in [3.8, 4) is 0 Å². The Hall–Kier alpha value is -0.120. The second kappa shape index (κ2) is 4.17. The van der Waals surface area contributed by atoms with Crippen LogP contribution in [0.2, 0.25) is 0 Å². The molecule has 3 heteroatoms. The Labute approximate surface area is 86.4 Å². The molecule has 0 spiro atoms. The molecule has 84 valence electrons. The van der Waals surface area contributed by atoms with Gasteiger partial charge in [-0.1, -0.05) is 27.7 Å². The van der Waals surface area contributed by atoms with Crippen molar-refractivity contribution in [1.29, 1.82) is 0 Å². The molecule has 0 radical (unpaired) electrons. The summed E-state index contributed by atoms with van der Waals surface area (Å²) >= 11 is 0. The zero-order valence-corrected chi connectivity index (χ0v) is 9.67. The van der Waals surface area contributed by atoms with Gasteiger partial charge in [0.1, 0.15) is 0 Å². The fourth-order valence-electron chi connectivity index (χ4n) is 1.66. The molecule has 0 aromatic rings. The quantitative estimate of drug-likeness (QED) is 0.757. The summed E-state index contributed by atoms with van der Waals surface area (Å²) in [5, 5.41) is 9.23. The third-order valence-electron chi connectivity index (χ3n) is 3.21. The van der Waals surface area contributed by atoms with Gasteiger partial charge in [-0.05, 0) is 12.8 Å². The molecule has 0 saturated carbocycles. The van der Waals surface area contributed by atoms with Gasteiger partial charge >= 0.3 is 0 Å². The minimum Gasteiger partial charge on any atom is -0.396 e. The summed E-state index contributed by atoms with van der Waals surface area (Å²) in [5.74, 6) is -0.406. The van der Waals surface area contributed by atoms with Crippen molar-refractivity contribution < 1.29 is 14.6 Å². The fraction of sp³-hybridized carbons (Fsp3) is 1.00. The summed E-state index contributed by atoms with van der Waals surface area (Å²) in [6.07, 6.45) is 1.73. The van der Waals surface area contributed by atoms with Crippen molar-refractivity contribution in [2.24, 2.45) is 5.41 Å². The van der Waals surface area contributed by atoms with Gasteiger partial charge in [-0.3, -0.25) is 0 Å². The number of hydrogen-bond acceptors (Lipinski definition) is 3. The zero-order valence-electron chi connectivity index (χ0n) is 9.67. The molecule has 3 nitrogen and oxygen atoms in total. The summed E-state index contributed by atoms with van der Waals surface area (Å²) in [7, 11) is 0. The van der Waals surface area contributed by atoms with Crippen molar-refractivity contribution in [3.63, 3.8) is 0 Å². The second-order valence-electron chi connectivity index (χ2n) is 4.68. The largest absolute Gasteiger partial charge is 0.396 e. The van der Waals surface area contributed by atoms with Crippen molar-refractivity contribution >= 4 is 0 Å². The van der Waals surface area contributed by atoms with E-state index in [0.717, 1.165) is 12.8 Å². The van der Waals surface area contributed by atoms with Crippen LogP contribution in [0.4, 0.5) is 0 Å². The molecule has 1 aliphatic heterocycles. The van der Waals surface area contributed by atoms with E-state index in [9.17, 15) is 5.11 Å². The van der Waals surface area contributed by atoms with Crippen LogP contribution in [0, 0.1) is 5.41 Å². The summed E-state index contributed by atoms with van der Waals surface area (Å²) in [5.41, 5.74) is -0.216. The van der Waals surface area contributed by atoms with Gasteiger partial charge in [-0.2, -0.15) is 0 Å². The maximum Gasteiger partial charge on any atom is 0.168 e. The molecule has 1 fully saturated rings. The van der Waals surface area contributed by atoms with Crippen molar-refractivity contribution in [1.82, 2.24) is 0 Å². The van der Waals surface area contributed by atoms with Gasteiger partial charge in [0.15, 0.2) is 5.79 Å². The average molecular weight is 202 g/mol. The van der Waals surface area contributed by atoms with Gasteiger partial charge < -0.3 is 14.6 Å². The Bertz CT molecular complexity index is 185. The zero-order chi connectivity index (χ0) is 10.8. The minimum atomic E-state index is -0.406. The first-order valence-electron chi connectivity index (χ1n) is 5.42. The van der Waals surface area contributed by atoms with Crippen molar-refractivity contribution in [2.75, 3.05) is 13.2 Å². The molecule has 0 bridgehead atoms. The van der Waals surface area contributed by atoms with E-state index < -0.39 is 5.79 Å². The number of rotatable bonds is 4. The maximum atomic E-state index is 9.23. The summed E-state index contributed by atoms with van der Waals surface area (Å²) < 4.78 is 11.6. The normalized spacial score (nSPS) is 26.8. The highest BCUT2D eigenvalue weighted by Gasteiger charge is 2.44. The van der Waals surface area contributed by atoms with Crippen LogP contribution >= 0.6 is 0 Å². The Morgan fingerprint density at radius 2 is 1.93 bits per heavy atom. The van der Waals surface area contributed by atoms with Crippen LogP contribution in [-0.4, -0.2) is 30.2 Å². The van der Waals surface area contributed by atoms with Gasteiger partial charge in [0.25, 0.3) is 0 Å². The molecular formula is C11H22O3. The Kier molecular flexibility index (Phi) is 3.56. The lowest BCUT2D eigenvalue weighted by Crippen LogP contribution is -2.37. The molecule has 14 heavy (non-hydrogen) atoms. The monoisotopic (exact) mass is 202 g/mol. The first-order valence-corrected chi connectivity index (χ1v) is 5.42. The predicted molar refractivity (Wildman–Crippen MR) is 55.0 cm³/mol. The van der Waals surface area contributed by atoms with E-state index in [1.807, 2.05) is 13.8 Å². The van der Waals surface area contributed by atoms with E-state index in [4.69, 9.17) is 9.47 Å². The summed E-state index contributed by atoms with van der Waals surface area (Å²) in [4.78, 5) is 0. The van der Waals surface area contributed by atoms with E-state index in [-0.39, 0.29) is 18.1 Å². The third-order valence-corrected chi connectivity index (χ3v) is 3.21. The molecular weight excluding hydrogens is 180 g/mol. The van der Waals surface area contributed by atoms with Gasteiger partial charge in [0.2, 0.25) is 0 Å². The van der Waals surface area contributed by atoms with Gasteiger partial charge in [0.05, 0.1) is 19.3 Å². The Morgan fingerprint density at radius 3 is 2.29 bits per heavy atom. The molecule has 0 aromatic heterocycles. The van der Waals surface area contributed by atoms with Crippen LogP contribution in [0.25, 0.3) is 0 Å². The van der Waals surface area contributed by atoms with Crippen LogP contribution in [0.15, 0.2) is 0 Å². The lowest BCUT2D eigenvalue weighted by atomic mass is 9.88. The van der Waals surface area contributed by atoms with Crippen molar-refractivity contribution in [2.45, 2.75) is 52.4 Å². The van der Waals surface area contributed by atoms with Crippen LogP contribution in [0.3, 0.4) is 0 Å². The molecule has 0 aliphatic carbocycles. The van der Waals surface area contributed by atoms with E-state index in [1.165, 1.54) is 0 Å². The standard InChI is InChI=1S/C11H22O3/c1-5-11(6-2)13-7-9(14-11)10(3,4)8-12/h9,12H,5-8H2,1-4H3/t9-/m0/s1. The van der Waals surface area contributed by atoms with E-state index >= 15 is 0 Å². The molecule has 1 rings (SSSR count). The Balaban J connectivity index is 2.64. The summed E-state index contributed by atoms with van der Waals surface area (Å²) in [6, 6.07) is 0. The highest BCUT2D eigenvalue weighted by atomic mass is 16.7. The molecule has 0 aromatic carbocycles. The number of aliphatic hydroxyl groups excluding tert-OH is 1. The topological polar surface area (TPSA) is 38.7 Å². The highest BCUT2D eigenvalue weighted by molar-refractivity contribution is 4.86. The first-order chi connectivity index (χ1) is 6.49. The van der Waals surface area contributed by atoms with Crippen LogP contribution in [0.1, 0.15) is 40.5 Å². The second-order valence-corrected chi connectivity index (χ2v) is 4.68. The number of ether oxygens (including phenoxy) is 2. The third kappa shape index (κ3) is 2.10. The van der Waals surface area contributed by atoms with Gasteiger partial charge in [-0.25, -0.2) is 0 Å². The minimum absolute atomic E-state index is 0.00685. The van der Waals surface area contributed by atoms with E-state index in [1.54, 1.807) is 0 Å². The molecule has 1 heterocycles. The molecule has 0 amide bonds. The van der Waals surface area contributed by atoms with E-state index in [0.29, 0.717) is 6.61 Å². The SMILES string of the molecule is CCC1(CC)OC[C@@H](C(C)(C)CO)O1. The predicted octanol–water partition coefficient (Wildman–Crippen LogP) is 1.94. The van der Waals surface area contributed by atoms with Crippen LogP contribution in [0.5, 0.6) is 0 Å². The molecule has 1 saturated heterocycles. The van der Waals surface area contributed by atoms with Gasteiger partial charge in [-0.15, -0.1) is 0 Å². The van der Waals surface area contributed by atoms with Crippen LogP contribution < -0.4 is 0 Å². The molecule has 1 aliphatic rings.